The monoisotopic (exact) mass is 861 g/mol. The molecule has 2 aromatic carbocycles. The van der Waals surface area contributed by atoms with Gasteiger partial charge in [0.1, 0.15) is 23.7 Å². The van der Waals surface area contributed by atoms with Crippen molar-refractivity contribution in [3.63, 3.8) is 0 Å². The van der Waals surface area contributed by atoms with E-state index in [0.29, 0.717) is 34.0 Å². The van der Waals surface area contributed by atoms with Crippen LogP contribution < -0.4 is 15.4 Å². The zero-order chi connectivity index (χ0) is 44.4. The second kappa shape index (κ2) is 15.7. The fraction of sp³-hybridized carbons (Fsp3) is 0.419. The summed E-state index contributed by atoms with van der Waals surface area (Å²) >= 11 is 0. The van der Waals surface area contributed by atoms with Gasteiger partial charge in [-0.05, 0) is 48.7 Å². The van der Waals surface area contributed by atoms with Crippen LogP contribution in [0.25, 0.3) is 39.1 Å². The molecule has 3 amide bonds. The maximum Gasteiger partial charge on any atom is 0.407 e. The largest absolute Gasteiger partial charge is 0.483 e. The number of halogens is 4. The predicted octanol–water partition coefficient (Wildman–Crippen LogP) is 7.45. The van der Waals surface area contributed by atoms with Crippen LogP contribution in [0.3, 0.4) is 0 Å². The molecule has 4 atom stereocenters. The molecular formula is C43H47F4N9O6. The van der Waals surface area contributed by atoms with Crippen molar-refractivity contribution >= 4 is 28.8 Å². The molecule has 0 saturated carbocycles. The molecule has 0 aliphatic carbocycles. The SMILES string of the molecule is C=C(N[C@H](C(=O)N1CC(F)(F)C[C@H]1c1ncc(-c2ccc3c(c2)Oc2ccc(-c4cnc([C@@H]5CC(F)(F)CN5C(=O)[C@@H](NC(=O)OC)C(C)C)[nH]4)c4ccn-3c24)[nH]1)C(C)C)OC. The number of carbonyl (C=O) groups excluding carboxylic acids is 3. The molecule has 8 rings (SSSR count). The van der Waals surface area contributed by atoms with Crippen molar-refractivity contribution < 1.29 is 46.2 Å². The van der Waals surface area contributed by atoms with Gasteiger partial charge in [0.15, 0.2) is 17.4 Å². The number of benzene rings is 2. The Kier molecular flexibility index (Phi) is 10.7. The van der Waals surface area contributed by atoms with Crippen LogP contribution >= 0.6 is 0 Å². The number of alkyl halides is 4. The smallest absolute Gasteiger partial charge is 0.407 e. The summed E-state index contributed by atoms with van der Waals surface area (Å²) in [5, 5.41) is 6.16. The van der Waals surface area contributed by atoms with Gasteiger partial charge in [0.2, 0.25) is 11.8 Å². The van der Waals surface area contributed by atoms with E-state index in [1.54, 1.807) is 40.0 Å². The van der Waals surface area contributed by atoms with Crippen molar-refractivity contribution in [3.05, 3.63) is 79.1 Å². The number of imidazole rings is 2. The normalized spacial score (nSPS) is 19.6. The van der Waals surface area contributed by atoms with Crippen molar-refractivity contribution in [1.82, 2.24) is 44.9 Å². The number of ether oxygens (including phenoxy) is 3. The minimum Gasteiger partial charge on any atom is -0.483 e. The third-order valence-electron chi connectivity index (χ3n) is 11.7. The maximum absolute atomic E-state index is 15.0. The van der Waals surface area contributed by atoms with Gasteiger partial charge in [-0.25, -0.2) is 32.3 Å². The first-order chi connectivity index (χ1) is 29.4. The first kappa shape index (κ1) is 42.2. The molecule has 3 aromatic heterocycles. The van der Waals surface area contributed by atoms with Gasteiger partial charge in [0.05, 0.1) is 74.4 Å². The Bertz CT molecular complexity index is 2570. The van der Waals surface area contributed by atoms with E-state index in [4.69, 9.17) is 9.47 Å². The molecule has 62 heavy (non-hydrogen) atoms. The van der Waals surface area contributed by atoms with Crippen molar-refractivity contribution in [1.29, 1.82) is 0 Å². The summed E-state index contributed by atoms with van der Waals surface area (Å²) in [4.78, 5) is 56.9. The number of methoxy groups -OCH3 is 2. The average Bonchev–Trinajstić information content (AvgIpc) is 4.08. The number of alkyl carbamates (subject to hydrolysis) is 1. The number of hydrogen-bond donors (Lipinski definition) is 4. The van der Waals surface area contributed by atoms with Crippen LogP contribution in [0.1, 0.15) is 64.3 Å². The highest BCUT2D eigenvalue weighted by Gasteiger charge is 2.51. The van der Waals surface area contributed by atoms with E-state index in [-0.39, 0.29) is 23.4 Å². The highest BCUT2D eigenvalue weighted by Crippen LogP contribution is 2.47. The van der Waals surface area contributed by atoms with Gasteiger partial charge in [-0.1, -0.05) is 33.8 Å². The predicted molar refractivity (Wildman–Crippen MR) is 219 cm³/mol. The van der Waals surface area contributed by atoms with Crippen LogP contribution in [-0.4, -0.2) is 103 Å². The molecule has 4 N–H and O–H groups in total. The lowest BCUT2D eigenvalue weighted by molar-refractivity contribution is -0.137. The number of rotatable bonds is 12. The fourth-order valence-electron chi connectivity index (χ4n) is 8.51. The highest BCUT2D eigenvalue weighted by atomic mass is 19.3. The Morgan fingerprint density at radius 2 is 1.39 bits per heavy atom. The first-order valence-corrected chi connectivity index (χ1v) is 20.2. The lowest BCUT2D eigenvalue weighted by Gasteiger charge is -2.30. The van der Waals surface area contributed by atoms with E-state index in [0.717, 1.165) is 33.5 Å². The van der Waals surface area contributed by atoms with Crippen molar-refractivity contribution in [2.45, 2.75) is 76.5 Å². The third-order valence-corrected chi connectivity index (χ3v) is 11.7. The van der Waals surface area contributed by atoms with Crippen molar-refractivity contribution in [3.8, 4) is 39.7 Å². The Balaban J connectivity index is 1.04. The second-order valence-electron chi connectivity index (χ2n) is 16.6. The number of nitrogens with one attached hydrogen (secondary N) is 4. The number of hydrogen-bond acceptors (Lipinski definition) is 9. The molecule has 6 heterocycles. The minimum absolute atomic E-state index is 0.150. The number of amides is 3. The summed E-state index contributed by atoms with van der Waals surface area (Å²) < 4.78 is 78.0. The molecule has 2 fully saturated rings. The Morgan fingerprint density at radius 1 is 0.806 bits per heavy atom. The number of aromatic nitrogens is 5. The van der Waals surface area contributed by atoms with Gasteiger partial charge in [-0.15, -0.1) is 0 Å². The Morgan fingerprint density at radius 3 is 1.97 bits per heavy atom. The van der Waals surface area contributed by atoms with Gasteiger partial charge in [-0.3, -0.25) is 9.59 Å². The standard InChI is InChI=1S/C43H47F4N9O6/c1-21(2)34(50-23(5)60-6)39(57)55-19-42(44,45)15-30(55)37-48-17-27(51-37)24-8-10-29-33(14-24)62-32-11-9-25(26-12-13-54(29)36(26)32)28-18-49-38(52-28)31-16-43(46,47)20-56(31)40(58)35(22(3)4)53-41(59)61-7/h8-14,17-18,21-22,30-31,34-35,50H,5,15-16,19-20H2,1-4,6-7H3,(H,48,51)(H,49,52)(H,53,59)/t30-,31-,34-,35-/m0/s1. The van der Waals surface area contributed by atoms with Gasteiger partial charge in [0.25, 0.3) is 11.8 Å². The molecule has 0 spiro atoms. The highest BCUT2D eigenvalue weighted by molar-refractivity contribution is 6.00. The van der Waals surface area contributed by atoms with E-state index in [2.05, 4.69) is 41.9 Å². The van der Waals surface area contributed by atoms with Crippen LogP contribution in [0, 0.1) is 11.8 Å². The lowest BCUT2D eigenvalue weighted by atomic mass is 10.0. The van der Waals surface area contributed by atoms with Gasteiger partial charge < -0.3 is 49.2 Å². The van der Waals surface area contributed by atoms with Gasteiger partial charge in [0, 0.05) is 35.6 Å². The summed E-state index contributed by atoms with van der Waals surface area (Å²) in [5.74, 6) is -6.54. The molecule has 0 unspecified atom stereocenters. The molecule has 0 radical (unpaired) electrons. The van der Waals surface area contributed by atoms with E-state index in [9.17, 15) is 31.9 Å². The first-order valence-electron chi connectivity index (χ1n) is 20.2. The molecule has 328 valence electrons. The van der Waals surface area contributed by atoms with Crippen molar-refractivity contribution in [2.75, 3.05) is 27.3 Å². The quantitative estimate of drug-likeness (QED) is 0.0721. The molecule has 3 aliphatic heterocycles. The van der Waals surface area contributed by atoms with Crippen LogP contribution in [0.2, 0.25) is 0 Å². The summed E-state index contributed by atoms with van der Waals surface area (Å²) in [6, 6.07) is 7.01. The summed E-state index contributed by atoms with van der Waals surface area (Å²) in [7, 11) is 2.56. The van der Waals surface area contributed by atoms with E-state index in [1.165, 1.54) is 13.3 Å². The number of carbonyl (C=O) groups is 3. The number of aromatic amines is 2. The number of nitrogens with zero attached hydrogens (tertiary/aromatic N) is 5. The number of H-pyrrole nitrogens is 2. The Hall–Kier alpha value is -6.53. The molecule has 2 saturated heterocycles. The van der Waals surface area contributed by atoms with Gasteiger partial charge in [-0.2, -0.15) is 0 Å². The summed E-state index contributed by atoms with van der Waals surface area (Å²) in [6.45, 7) is 9.15. The molecule has 0 bridgehead atoms. The molecule has 5 aromatic rings. The fourth-order valence-corrected chi connectivity index (χ4v) is 8.51. The van der Waals surface area contributed by atoms with Crippen molar-refractivity contribution in [2.24, 2.45) is 11.8 Å². The number of fused-ring (bicyclic) bond motifs is 2. The lowest BCUT2D eigenvalue weighted by Crippen LogP contribution is -2.51. The van der Waals surface area contributed by atoms with Crippen LogP contribution in [0.4, 0.5) is 22.4 Å². The zero-order valence-corrected chi connectivity index (χ0v) is 34.9. The van der Waals surface area contributed by atoms with Crippen LogP contribution in [0.5, 0.6) is 11.5 Å². The number of likely N-dealkylation sites (tertiary alicyclic amines) is 2. The topological polar surface area (TPSA) is 172 Å². The third kappa shape index (κ3) is 7.68. The molecule has 19 heteroatoms. The van der Waals surface area contributed by atoms with Gasteiger partial charge >= 0.3 is 6.09 Å². The maximum atomic E-state index is 15.0. The minimum atomic E-state index is -3.18. The van der Waals surface area contributed by atoms with E-state index < -0.39 is 85.8 Å². The van der Waals surface area contributed by atoms with E-state index >= 15 is 0 Å². The zero-order valence-electron chi connectivity index (χ0n) is 34.9. The molecular weight excluding hydrogens is 815 g/mol. The second-order valence-corrected chi connectivity index (χ2v) is 16.6. The van der Waals surface area contributed by atoms with E-state index in [1.807, 2.05) is 41.1 Å². The molecule has 3 aliphatic rings. The summed E-state index contributed by atoms with van der Waals surface area (Å²) in [5.41, 5.74) is 3.92. The van der Waals surface area contributed by atoms with Crippen LogP contribution in [0.15, 0.2) is 67.5 Å². The summed E-state index contributed by atoms with van der Waals surface area (Å²) in [6.07, 6.45) is 2.88. The average molecular weight is 862 g/mol. The molecule has 15 nitrogen and oxygen atoms in total. The van der Waals surface area contributed by atoms with Crippen LogP contribution in [-0.2, 0) is 19.1 Å². The Labute approximate surface area is 353 Å².